The van der Waals surface area contributed by atoms with E-state index in [1.165, 1.54) is 19.0 Å². The van der Waals surface area contributed by atoms with E-state index in [1.807, 2.05) is 54.6 Å². The van der Waals surface area contributed by atoms with Crippen LogP contribution in [0.3, 0.4) is 0 Å². The molecule has 0 saturated carbocycles. The van der Waals surface area contributed by atoms with Gasteiger partial charge in [-0.2, -0.15) is 0 Å². The van der Waals surface area contributed by atoms with E-state index >= 15 is 0 Å². The smallest absolute Gasteiger partial charge is 0.307 e. The van der Waals surface area contributed by atoms with Crippen molar-refractivity contribution in [2.75, 3.05) is 31.4 Å². The van der Waals surface area contributed by atoms with Crippen molar-refractivity contribution in [2.45, 2.75) is 11.1 Å². The summed E-state index contributed by atoms with van der Waals surface area (Å²) in [6.45, 7) is 1.62. The van der Waals surface area contributed by atoms with Crippen LogP contribution in [0.1, 0.15) is 5.69 Å². The molecule has 29 heavy (non-hydrogen) atoms. The lowest BCUT2D eigenvalue weighted by atomic mass is 10.1. The monoisotopic (exact) mass is 430 g/mol. The molecule has 7 nitrogen and oxygen atoms in total. The molecule has 0 spiro atoms. The van der Waals surface area contributed by atoms with E-state index in [9.17, 15) is 13.2 Å². The van der Waals surface area contributed by atoms with E-state index in [1.54, 1.807) is 14.0 Å². The Morgan fingerprint density at radius 2 is 1.55 bits per heavy atom. The molecule has 2 amide bonds. The molecule has 0 bridgehead atoms. The third kappa shape index (κ3) is 4.47. The van der Waals surface area contributed by atoms with Crippen molar-refractivity contribution in [3.63, 3.8) is 0 Å². The maximum absolute atomic E-state index is 12.6. The molecule has 0 radical (unpaired) electrons. The van der Waals surface area contributed by atoms with Crippen LogP contribution in [-0.2, 0) is 10.0 Å². The molecule has 2 aromatic carbocycles. The van der Waals surface area contributed by atoms with Gasteiger partial charge in [-0.05, 0) is 30.2 Å². The molecule has 9 heteroatoms. The van der Waals surface area contributed by atoms with Gasteiger partial charge >= 0.3 is 6.03 Å². The van der Waals surface area contributed by atoms with E-state index in [0.717, 1.165) is 26.8 Å². The Hall–Kier alpha value is -2.75. The number of nitrogens with zero attached hydrogens (tertiary/aromatic N) is 3. The quantitative estimate of drug-likeness (QED) is 0.662. The Morgan fingerprint density at radius 1 is 0.966 bits per heavy atom. The highest BCUT2D eigenvalue weighted by atomic mass is 32.2. The Labute approximate surface area is 174 Å². The second kappa shape index (κ2) is 8.32. The molecule has 0 unspecified atom stereocenters. The molecule has 0 aliphatic heterocycles. The lowest BCUT2D eigenvalue weighted by molar-refractivity contribution is 0.258. The van der Waals surface area contributed by atoms with Crippen LogP contribution >= 0.6 is 11.3 Å². The highest BCUT2D eigenvalue weighted by Gasteiger charge is 2.26. The molecule has 1 heterocycles. The van der Waals surface area contributed by atoms with Crippen molar-refractivity contribution < 1.29 is 13.2 Å². The summed E-state index contributed by atoms with van der Waals surface area (Å²) in [5, 5.41) is 3.11. The first-order valence-corrected chi connectivity index (χ1v) is 11.1. The maximum atomic E-state index is 12.6. The van der Waals surface area contributed by atoms with Crippen molar-refractivity contribution in [2.24, 2.45) is 0 Å². The number of nitrogens with one attached hydrogen (secondary N) is 1. The van der Waals surface area contributed by atoms with Crippen LogP contribution in [0.5, 0.6) is 0 Å². The molecular weight excluding hydrogens is 408 g/mol. The molecular formula is C20H22N4O3S2. The van der Waals surface area contributed by atoms with Crippen molar-refractivity contribution in [1.82, 2.24) is 9.29 Å². The number of carbonyl (C=O) groups excluding carboxylic acids is 1. The fraction of sp³-hybridized carbons (Fsp3) is 0.200. The summed E-state index contributed by atoms with van der Waals surface area (Å²) in [4.78, 5) is 18.2. The molecule has 3 rings (SSSR count). The number of sulfonamides is 1. The van der Waals surface area contributed by atoms with Crippen LogP contribution in [0.15, 0.2) is 58.8 Å². The predicted octanol–water partition coefficient (Wildman–Crippen LogP) is 4.04. The second-order valence-corrected chi connectivity index (χ2v) is 9.91. The third-order valence-electron chi connectivity index (χ3n) is 4.29. The van der Waals surface area contributed by atoms with Gasteiger partial charge in [0, 0.05) is 26.8 Å². The number of aryl methyl sites for hydroxylation is 1. The number of hydrogen-bond donors (Lipinski definition) is 1. The van der Waals surface area contributed by atoms with Gasteiger partial charge in [0.15, 0.2) is 9.34 Å². The molecule has 1 N–H and O–H groups in total. The number of carbonyl (C=O) groups is 1. The van der Waals surface area contributed by atoms with Gasteiger partial charge in [-0.3, -0.25) is 4.90 Å². The predicted molar refractivity (Wildman–Crippen MR) is 117 cm³/mol. The SMILES string of the molecule is Cc1nc(N(C)C(=O)Nc2ccc(-c3ccccc3)cc2)sc1S(=O)(=O)N(C)C. The minimum absolute atomic E-state index is 0.129. The summed E-state index contributed by atoms with van der Waals surface area (Å²) in [5.74, 6) is 0. The van der Waals surface area contributed by atoms with Gasteiger partial charge < -0.3 is 5.32 Å². The molecule has 0 aliphatic rings. The normalized spacial score (nSPS) is 11.5. The summed E-state index contributed by atoms with van der Waals surface area (Å²) < 4.78 is 26.0. The zero-order valence-electron chi connectivity index (χ0n) is 16.6. The Balaban J connectivity index is 1.74. The zero-order valence-corrected chi connectivity index (χ0v) is 18.2. The number of aromatic nitrogens is 1. The first-order valence-electron chi connectivity index (χ1n) is 8.80. The van der Waals surface area contributed by atoms with Crippen LogP contribution in [0.4, 0.5) is 15.6 Å². The van der Waals surface area contributed by atoms with E-state index in [2.05, 4.69) is 10.3 Å². The lowest BCUT2D eigenvalue weighted by Gasteiger charge is -2.15. The number of rotatable bonds is 5. The second-order valence-electron chi connectivity index (χ2n) is 6.59. The van der Waals surface area contributed by atoms with Gasteiger partial charge in [0.2, 0.25) is 0 Å². The largest absolute Gasteiger partial charge is 0.327 e. The van der Waals surface area contributed by atoms with Gasteiger partial charge in [-0.1, -0.05) is 53.8 Å². The Morgan fingerprint density at radius 3 is 2.14 bits per heavy atom. The van der Waals surface area contributed by atoms with Crippen LogP contribution in [0.2, 0.25) is 0 Å². The minimum atomic E-state index is -3.61. The highest BCUT2D eigenvalue weighted by Crippen LogP contribution is 2.31. The molecule has 0 atom stereocenters. The Bertz CT molecular complexity index is 1110. The Kier molecular flexibility index (Phi) is 6.02. The number of hydrogen-bond acceptors (Lipinski definition) is 5. The molecule has 1 aromatic heterocycles. The van der Waals surface area contributed by atoms with Crippen LogP contribution in [0.25, 0.3) is 11.1 Å². The zero-order chi connectivity index (χ0) is 21.2. The highest BCUT2D eigenvalue weighted by molar-refractivity contribution is 7.91. The van der Waals surface area contributed by atoms with Gasteiger partial charge in [0.25, 0.3) is 10.0 Å². The van der Waals surface area contributed by atoms with E-state index in [4.69, 9.17) is 0 Å². The fourth-order valence-corrected chi connectivity index (χ4v) is 5.19. The topological polar surface area (TPSA) is 82.6 Å². The molecule has 152 valence electrons. The molecule has 3 aromatic rings. The van der Waals surface area contributed by atoms with Gasteiger partial charge in [-0.25, -0.2) is 22.5 Å². The van der Waals surface area contributed by atoms with Crippen LogP contribution in [-0.4, -0.2) is 44.9 Å². The lowest BCUT2D eigenvalue weighted by Crippen LogP contribution is -2.31. The average Bonchev–Trinajstić information content (AvgIpc) is 3.11. The fourth-order valence-electron chi connectivity index (χ4n) is 2.59. The summed E-state index contributed by atoms with van der Waals surface area (Å²) in [6, 6.07) is 17.1. The summed E-state index contributed by atoms with van der Waals surface area (Å²) in [6.07, 6.45) is 0. The summed E-state index contributed by atoms with van der Waals surface area (Å²) >= 11 is 0.966. The number of benzene rings is 2. The van der Waals surface area contributed by atoms with Crippen molar-refractivity contribution in [3.8, 4) is 11.1 Å². The van der Waals surface area contributed by atoms with E-state index in [-0.39, 0.29) is 4.21 Å². The minimum Gasteiger partial charge on any atom is -0.307 e. The van der Waals surface area contributed by atoms with Gasteiger partial charge in [0.1, 0.15) is 0 Å². The van der Waals surface area contributed by atoms with Crippen molar-refractivity contribution >= 4 is 38.2 Å². The van der Waals surface area contributed by atoms with Crippen molar-refractivity contribution in [1.29, 1.82) is 0 Å². The third-order valence-corrected chi connectivity index (χ3v) is 7.93. The van der Waals surface area contributed by atoms with Crippen LogP contribution < -0.4 is 10.2 Å². The first-order chi connectivity index (χ1) is 13.7. The van der Waals surface area contributed by atoms with E-state index in [0.29, 0.717) is 16.5 Å². The average molecular weight is 431 g/mol. The van der Waals surface area contributed by atoms with Gasteiger partial charge in [-0.15, -0.1) is 0 Å². The van der Waals surface area contributed by atoms with Gasteiger partial charge in [0.05, 0.1) is 5.69 Å². The number of anilines is 2. The van der Waals surface area contributed by atoms with Crippen molar-refractivity contribution in [3.05, 3.63) is 60.3 Å². The van der Waals surface area contributed by atoms with E-state index < -0.39 is 16.1 Å². The number of amides is 2. The maximum Gasteiger partial charge on any atom is 0.327 e. The summed E-state index contributed by atoms with van der Waals surface area (Å²) in [7, 11) is 0.873. The first kappa shape index (κ1) is 21.0. The molecule has 0 saturated heterocycles. The number of thiazole rings is 1. The molecule has 0 fully saturated rings. The summed E-state index contributed by atoms with van der Waals surface area (Å²) in [5.41, 5.74) is 3.14. The molecule has 0 aliphatic carbocycles. The standard InChI is InChI=1S/C20H22N4O3S2/c1-14-18(29(26,27)23(2)3)28-20(21-14)24(4)19(25)22-17-12-10-16(11-13-17)15-8-6-5-7-9-15/h5-13H,1-4H3,(H,22,25). The number of urea groups is 1. The van der Waals surface area contributed by atoms with Crippen LogP contribution in [0, 0.1) is 6.92 Å².